The summed E-state index contributed by atoms with van der Waals surface area (Å²) in [5.74, 6) is 0. The number of nitrogens with two attached hydrogens (primary N) is 1. The van der Waals surface area contributed by atoms with E-state index < -0.39 is 10.0 Å². The summed E-state index contributed by atoms with van der Waals surface area (Å²) in [6, 6.07) is 4.84. The Balaban J connectivity index is 2.38. The van der Waals surface area contributed by atoms with Crippen molar-refractivity contribution in [3.8, 4) is 0 Å². The van der Waals surface area contributed by atoms with E-state index in [-0.39, 0.29) is 4.90 Å². The van der Waals surface area contributed by atoms with Crippen LogP contribution in [0.15, 0.2) is 23.1 Å². The molecule has 7 heteroatoms. The molecule has 0 saturated carbocycles. The summed E-state index contributed by atoms with van der Waals surface area (Å²) in [5, 5.41) is 0.390. The number of hydrogen-bond donors (Lipinski definition) is 2. The average Bonchev–Trinajstić information content (AvgIpc) is 2.71. The van der Waals surface area contributed by atoms with Crippen molar-refractivity contribution in [3.05, 3.63) is 34.3 Å². The third-order valence-electron chi connectivity index (χ3n) is 3.06. The van der Waals surface area contributed by atoms with E-state index in [9.17, 15) is 8.42 Å². The lowest BCUT2D eigenvalue weighted by atomic mass is 10.2. The number of nitrogens with zero attached hydrogens (tertiary/aromatic N) is 1. The lowest BCUT2D eigenvalue weighted by molar-refractivity contribution is 0.600. The van der Waals surface area contributed by atoms with Gasteiger partial charge < -0.3 is 5.73 Å². The predicted octanol–water partition coefficient (Wildman–Crippen LogP) is 2.71. The van der Waals surface area contributed by atoms with Crippen LogP contribution in [0.3, 0.4) is 0 Å². The number of aromatic nitrogens is 1. The molecule has 0 aliphatic carbocycles. The zero-order valence-corrected chi connectivity index (χ0v) is 13.2. The molecular formula is C13H17N3O2S2. The summed E-state index contributed by atoms with van der Waals surface area (Å²) >= 11 is 1.34. The largest absolute Gasteiger partial charge is 0.398 e. The number of sulfonamides is 1. The van der Waals surface area contributed by atoms with E-state index >= 15 is 0 Å². The van der Waals surface area contributed by atoms with Crippen molar-refractivity contribution in [2.75, 3.05) is 10.5 Å². The number of nitrogens with one attached hydrogen (secondary N) is 1. The first-order valence-electron chi connectivity index (χ1n) is 6.19. The summed E-state index contributed by atoms with van der Waals surface area (Å²) in [6.45, 7) is 5.61. The number of hydrogen-bond acceptors (Lipinski definition) is 5. The van der Waals surface area contributed by atoms with E-state index in [1.807, 2.05) is 13.8 Å². The van der Waals surface area contributed by atoms with Gasteiger partial charge in [0.05, 0.1) is 10.6 Å². The van der Waals surface area contributed by atoms with Gasteiger partial charge >= 0.3 is 0 Å². The van der Waals surface area contributed by atoms with Crippen molar-refractivity contribution < 1.29 is 8.42 Å². The van der Waals surface area contributed by atoms with Crippen molar-refractivity contribution in [2.24, 2.45) is 0 Å². The first-order valence-corrected chi connectivity index (χ1v) is 8.49. The summed E-state index contributed by atoms with van der Waals surface area (Å²) in [5.41, 5.74) is 7.67. The number of thiazole rings is 1. The smallest absolute Gasteiger partial charge is 0.264 e. The molecule has 0 atom stereocenters. The zero-order chi connectivity index (χ0) is 14.9. The fraction of sp³-hybridized carbons (Fsp3) is 0.308. The summed E-state index contributed by atoms with van der Waals surface area (Å²) in [4.78, 5) is 5.49. The van der Waals surface area contributed by atoms with Crippen LogP contribution < -0.4 is 10.5 Å². The Morgan fingerprint density at radius 3 is 2.65 bits per heavy atom. The van der Waals surface area contributed by atoms with Crippen LogP contribution >= 0.6 is 11.3 Å². The second-order valence-electron chi connectivity index (χ2n) is 4.45. The van der Waals surface area contributed by atoms with Crippen molar-refractivity contribution >= 4 is 32.2 Å². The average molecular weight is 311 g/mol. The molecule has 0 radical (unpaired) electrons. The number of benzene rings is 1. The molecule has 1 aromatic carbocycles. The highest BCUT2D eigenvalue weighted by atomic mass is 32.2. The van der Waals surface area contributed by atoms with E-state index in [1.54, 1.807) is 19.1 Å². The second-order valence-corrected chi connectivity index (χ2v) is 7.31. The Labute approximate surface area is 122 Å². The number of rotatable bonds is 4. The molecule has 0 unspecified atom stereocenters. The normalized spacial score (nSPS) is 11.6. The third-order valence-corrected chi connectivity index (χ3v) is 5.61. The maximum atomic E-state index is 12.4. The predicted molar refractivity (Wildman–Crippen MR) is 82.6 cm³/mol. The molecule has 2 aromatic rings. The summed E-state index contributed by atoms with van der Waals surface area (Å²) < 4.78 is 27.3. The fourth-order valence-electron chi connectivity index (χ4n) is 1.89. The quantitative estimate of drug-likeness (QED) is 0.850. The minimum absolute atomic E-state index is 0.184. The molecule has 0 amide bonds. The highest BCUT2D eigenvalue weighted by Crippen LogP contribution is 2.27. The van der Waals surface area contributed by atoms with E-state index in [0.717, 1.165) is 17.0 Å². The standard InChI is InChI=1S/C13H17N3O2S2/c1-4-11-9(3)19-13(15-11)16-20(17,18)12-7-5-6-10(14)8(12)2/h5-7H,4,14H2,1-3H3,(H,15,16). The van der Waals surface area contributed by atoms with Crippen molar-refractivity contribution in [1.29, 1.82) is 0 Å². The molecule has 1 heterocycles. The van der Waals surface area contributed by atoms with Gasteiger partial charge in [-0.25, -0.2) is 13.4 Å². The van der Waals surface area contributed by atoms with E-state index in [2.05, 4.69) is 9.71 Å². The molecule has 108 valence electrons. The lowest BCUT2D eigenvalue weighted by Gasteiger charge is -2.09. The maximum Gasteiger partial charge on any atom is 0.264 e. The summed E-state index contributed by atoms with van der Waals surface area (Å²) in [6.07, 6.45) is 0.779. The molecule has 2 rings (SSSR count). The number of anilines is 2. The van der Waals surface area contributed by atoms with E-state index in [4.69, 9.17) is 5.73 Å². The molecular weight excluding hydrogens is 294 g/mol. The van der Waals surface area contributed by atoms with Crippen LogP contribution in [0.1, 0.15) is 23.1 Å². The van der Waals surface area contributed by atoms with Gasteiger partial charge in [0.15, 0.2) is 5.13 Å². The van der Waals surface area contributed by atoms with Gasteiger partial charge in [-0.3, -0.25) is 4.72 Å². The van der Waals surface area contributed by atoms with Crippen LogP contribution in [-0.4, -0.2) is 13.4 Å². The Morgan fingerprint density at radius 2 is 2.05 bits per heavy atom. The molecule has 0 aliphatic heterocycles. The molecule has 0 saturated heterocycles. The van der Waals surface area contributed by atoms with E-state index in [0.29, 0.717) is 16.4 Å². The van der Waals surface area contributed by atoms with Crippen LogP contribution in [0.25, 0.3) is 0 Å². The number of nitrogen functional groups attached to an aromatic ring is 1. The van der Waals surface area contributed by atoms with Crippen LogP contribution in [0.5, 0.6) is 0 Å². The Morgan fingerprint density at radius 1 is 1.35 bits per heavy atom. The van der Waals surface area contributed by atoms with Gasteiger partial charge in [0.25, 0.3) is 10.0 Å². The molecule has 0 spiro atoms. The maximum absolute atomic E-state index is 12.4. The molecule has 0 fully saturated rings. The zero-order valence-electron chi connectivity index (χ0n) is 11.6. The molecule has 1 aromatic heterocycles. The molecule has 3 N–H and O–H groups in total. The van der Waals surface area contributed by atoms with Crippen molar-refractivity contribution in [1.82, 2.24) is 4.98 Å². The SMILES string of the molecule is CCc1nc(NS(=O)(=O)c2cccc(N)c2C)sc1C. The molecule has 20 heavy (non-hydrogen) atoms. The minimum Gasteiger partial charge on any atom is -0.398 e. The van der Waals surface area contributed by atoms with Gasteiger partial charge in [-0.2, -0.15) is 0 Å². The van der Waals surface area contributed by atoms with Gasteiger partial charge in [-0.1, -0.05) is 13.0 Å². The van der Waals surface area contributed by atoms with Gasteiger partial charge in [0, 0.05) is 10.6 Å². The summed E-state index contributed by atoms with van der Waals surface area (Å²) in [7, 11) is -3.66. The van der Waals surface area contributed by atoms with Gasteiger partial charge in [-0.05, 0) is 38.0 Å². The Kier molecular flexibility index (Phi) is 4.01. The monoisotopic (exact) mass is 311 g/mol. The van der Waals surface area contributed by atoms with Crippen LogP contribution in [0.2, 0.25) is 0 Å². The van der Waals surface area contributed by atoms with Gasteiger partial charge in [-0.15, -0.1) is 11.3 Å². The van der Waals surface area contributed by atoms with Crippen molar-refractivity contribution in [3.63, 3.8) is 0 Å². The minimum atomic E-state index is -3.66. The Hall–Kier alpha value is -1.60. The fourth-order valence-corrected chi connectivity index (χ4v) is 4.31. The van der Waals surface area contributed by atoms with Crippen LogP contribution in [-0.2, 0) is 16.4 Å². The lowest BCUT2D eigenvalue weighted by Crippen LogP contribution is -2.14. The van der Waals surface area contributed by atoms with Crippen LogP contribution in [0, 0.1) is 13.8 Å². The first kappa shape index (κ1) is 14.8. The topological polar surface area (TPSA) is 85.1 Å². The second kappa shape index (κ2) is 5.41. The number of aryl methyl sites for hydroxylation is 2. The third kappa shape index (κ3) is 2.78. The van der Waals surface area contributed by atoms with Crippen molar-refractivity contribution in [2.45, 2.75) is 32.1 Å². The highest BCUT2D eigenvalue weighted by molar-refractivity contribution is 7.93. The highest BCUT2D eigenvalue weighted by Gasteiger charge is 2.20. The molecule has 5 nitrogen and oxygen atoms in total. The first-order chi connectivity index (χ1) is 9.35. The van der Waals surface area contributed by atoms with Crippen LogP contribution in [0.4, 0.5) is 10.8 Å². The Bertz CT molecular complexity index is 736. The van der Waals surface area contributed by atoms with Gasteiger partial charge in [0.2, 0.25) is 0 Å². The van der Waals surface area contributed by atoms with Gasteiger partial charge in [0.1, 0.15) is 0 Å². The van der Waals surface area contributed by atoms with E-state index in [1.165, 1.54) is 17.4 Å². The molecule has 0 aliphatic rings. The molecule has 0 bridgehead atoms.